The largest absolute Gasteiger partial charge is 0.356 e. The second-order valence-corrected chi connectivity index (χ2v) is 5.99. The van der Waals surface area contributed by atoms with Crippen LogP contribution in [0.2, 0.25) is 0 Å². The van der Waals surface area contributed by atoms with E-state index in [0.29, 0.717) is 5.54 Å². The molecule has 1 aromatic carbocycles. The normalized spacial score (nSPS) is 24.2. The van der Waals surface area contributed by atoms with Crippen LogP contribution in [0.1, 0.15) is 32.6 Å². The average Bonchev–Trinajstić information content (AvgIpc) is 3.10. The van der Waals surface area contributed by atoms with Crippen LogP contribution in [-0.2, 0) is 0 Å². The van der Waals surface area contributed by atoms with E-state index in [1.54, 1.807) is 12.1 Å². The third kappa shape index (κ3) is 2.48. The predicted molar refractivity (Wildman–Crippen MR) is 72.8 cm³/mol. The molecule has 0 spiro atoms. The summed E-state index contributed by atoms with van der Waals surface area (Å²) in [6, 6.07) is 4.84. The van der Waals surface area contributed by atoms with Crippen LogP contribution in [0.5, 0.6) is 0 Å². The zero-order valence-electron chi connectivity index (χ0n) is 10.4. The SMILES string of the molecule is CCCC1(NC2NSc3cc(F)ccc3N2)CC1. The lowest BCUT2D eigenvalue weighted by Crippen LogP contribution is -2.52. The number of hydrogen-bond acceptors (Lipinski definition) is 4. The summed E-state index contributed by atoms with van der Waals surface area (Å²) in [5.41, 5.74) is 1.31. The molecule has 1 aliphatic heterocycles. The number of halogens is 1. The fourth-order valence-corrected chi connectivity index (χ4v) is 3.25. The first-order chi connectivity index (χ1) is 8.71. The molecule has 1 atom stereocenters. The molecule has 3 nitrogen and oxygen atoms in total. The number of rotatable bonds is 4. The van der Waals surface area contributed by atoms with Gasteiger partial charge in [0.2, 0.25) is 0 Å². The van der Waals surface area contributed by atoms with Crippen LogP contribution in [0.3, 0.4) is 0 Å². The number of hydrogen-bond donors (Lipinski definition) is 3. The molecule has 1 aliphatic carbocycles. The van der Waals surface area contributed by atoms with Gasteiger partial charge in [0, 0.05) is 10.4 Å². The minimum absolute atomic E-state index is 0.0574. The third-order valence-corrected chi connectivity index (χ3v) is 4.47. The minimum atomic E-state index is -0.194. The predicted octanol–water partition coefficient (Wildman–Crippen LogP) is 3.05. The van der Waals surface area contributed by atoms with Crippen LogP contribution in [-0.4, -0.2) is 11.8 Å². The zero-order chi connectivity index (χ0) is 12.6. The highest BCUT2D eigenvalue weighted by Crippen LogP contribution is 2.40. The van der Waals surface area contributed by atoms with Gasteiger partial charge in [0.15, 0.2) is 0 Å². The van der Waals surface area contributed by atoms with Gasteiger partial charge < -0.3 is 5.32 Å². The summed E-state index contributed by atoms with van der Waals surface area (Å²) in [7, 11) is 0. The molecular formula is C13H18FN3S. The van der Waals surface area contributed by atoms with Gasteiger partial charge in [-0.3, -0.25) is 5.32 Å². The molecule has 18 heavy (non-hydrogen) atoms. The van der Waals surface area contributed by atoms with Gasteiger partial charge in [0.05, 0.1) is 5.69 Å². The van der Waals surface area contributed by atoms with Crippen LogP contribution in [0.15, 0.2) is 23.1 Å². The Morgan fingerprint density at radius 2 is 2.33 bits per heavy atom. The zero-order valence-corrected chi connectivity index (χ0v) is 11.2. The van der Waals surface area contributed by atoms with E-state index >= 15 is 0 Å². The second kappa shape index (κ2) is 4.72. The van der Waals surface area contributed by atoms with Gasteiger partial charge in [-0.05, 0) is 49.4 Å². The summed E-state index contributed by atoms with van der Waals surface area (Å²) in [5, 5.41) is 6.99. The van der Waals surface area contributed by atoms with Crippen molar-refractivity contribution >= 4 is 17.6 Å². The maximum atomic E-state index is 13.1. The number of fused-ring (bicyclic) bond motifs is 1. The highest BCUT2D eigenvalue weighted by Gasteiger charge is 2.43. The fourth-order valence-electron chi connectivity index (χ4n) is 2.47. The van der Waals surface area contributed by atoms with E-state index in [2.05, 4.69) is 22.3 Å². The number of anilines is 1. The molecule has 1 aromatic rings. The highest BCUT2D eigenvalue weighted by molar-refractivity contribution is 7.97. The Bertz CT molecular complexity index is 448. The number of nitrogens with one attached hydrogen (secondary N) is 3. The van der Waals surface area contributed by atoms with Gasteiger partial charge in [-0.15, -0.1) is 0 Å². The molecule has 1 fully saturated rings. The molecule has 1 unspecified atom stereocenters. The van der Waals surface area contributed by atoms with Crippen LogP contribution >= 0.6 is 11.9 Å². The Hall–Kier alpha value is -0.780. The van der Waals surface area contributed by atoms with E-state index in [0.717, 1.165) is 10.6 Å². The van der Waals surface area contributed by atoms with Crippen molar-refractivity contribution in [3.63, 3.8) is 0 Å². The molecule has 0 bridgehead atoms. The second-order valence-electron chi connectivity index (χ2n) is 5.11. The lowest BCUT2D eigenvalue weighted by Gasteiger charge is -2.31. The molecule has 5 heteroatoms. The van der Waals surface area contributed by atoms with E-state index in [1.807, 2.05) is 0 Å². The molecule has 3 rings (SSSR count). The first kappa shape index (κ1) is 12.3. The summed E-state index contributed by atoms with van der Waals surface area (Å²) in [5.74, 6) is -0.194. The quantitative estimate of drug-likeness (QED) is 0.733. The van der Waals surface area contributed by atoms with Gasteiger partial charge in [-0.2, -0.15) is 0 Å². The van der Waals surface area contributed by atoms with Crippen LogP contribution in [0.4, 0.5) is 10.1 Å². The lowest BCUT2D eigenvalue weighted by atomic mass is 10.1. The lowest BCUT2D eigenvalue weighted by molar-refractivity contribution is 0.400. The molecule has 0 amide bonds. The molecule has 2 aliphatic rings. The van der Waals surface area contributed by atoms with E-state index in [9.17, 15) is 4.39 Å². The monoisotopic (exact) mass is 267 g/mol. The standard InChI is InChI=1S/C13H18FN3S/c1-2-5-13(6-7-13)16-12-15-10-4-3-9(14)8-11(10)18-17-12/h3-4,8,12,15-17H,2,5-7H2,1H3. The van der Waals surface area contributed by atoms with Gasteiger partial charge in [-0.1, -0.05) is 13.3 Å². The summed E-state index contributed by atoms with van der Waals surface area (Å²) in [6.07, 6.45) is 4.98. The molecule has 0 aromatic heterocycles. The molecule has 0 saturated heterocycles. The van der Waals surface area contributed by atoms with Crippen molar-refractivity contribution in [1.29, 1.82) is 0 Å². The molecule has 1 saturated carbocycles. The van der Waals surface area contributed by atoms with Crippen molar-refractivity contribution in [1.82, 2.24) is 10.0 Å². The maximum absolute atomic E-state index is 13.1. The van der Waals surface area contributed by atoms with E-state index in [1.165, 1.54) is 43.7 Å². The summed E-state index contributed by atoms with van der Waals surface area (Å²) >= 11 is 1.48. The molecular weight excluding hydrogens is 249 g/mol. The molecule has 0 radical (unpaired) electrons. The fraction of sp³-hybridized carbons (Fsp3) is 0.538. The Balaban J connectivity index is 1.66. The molecule has 1 heterocycles. The van der Waals surface area contributed by atoms with Crippen molar-refractivity contribution in [3.05, 3.63) is 24.0 Å². The maximum Gasteiger partial charge on any atom is 0.142 e. The van der Waals surface area contributed by atoms with E-state index < -0.39 is 0 Å². The van der Waals surface area contributed by atoms with Crippen molar-refractivity contribution in [2.75, 3.05) is 5.32 Å². The van der Waals surface area contributed by atoms with Crippen molar-refractivity contribution in [3.8, 4) is 0 Å². The molecule has 98 valence electrons. The average molecular weight is 267 g/mol. The van der Waals surface area contributed by atoms with E-state index in [4.69, 9.17) is 0 Å². The Labute approximate surface area is 111 Å². The smallest absolute Gasteiger partial charge is 0.142 e. The van der Waals surface area contributed by atoms with Crippen LogP contribution in [0, 0.1) is 5.82 Å². The number of benzene rings is 1. The van der Waals surface area contributed by atoms with Crippen LogP contribution < -0.4 is 15.4 Å². The molecule has 3 N–H and O–H groups in total. The van der Waals surface area contributed by atoms with Crippen molar-refractivity contribution in [2.24, 2.45) is 0 Å². The van der Waals surface area contributed by atoms with Crippen LogP contribution in [0.25, 0.3) is 0 Å². The minimum Gasteiger partial charge on any atom is -0.356 e. The summed E-state index contributed by atoms with van der Waals surface area (Å²) in [6.45, 7) is 2.22. The Morgan fingerprint density at radius 1 is 1.50 bits per heavy atom. The first-order valence-electron chi connectivity index (χ1n) is 6.47. The van der Waals surface area contributed by atoms with Crippen molar-refractivity contribution in [2.45, 2.75) is 49.3 Å². The summed E-state index contributed by atoms with van der Waals surface area (Å²) < 4.78 is 16.4. The highest BCUT2D eigenvalue weighted by atomic mass is 32.2. The van der Waals surface area contributed by atoms with Gasteiger partial charge in [-0.25, -0.2) is 9.11 Å². The summed E-state index contributed by atoms with van der Waals surface area (Å²) in [4.78, 5) is 0.911. The third-order valence-electron chi connectivity index (χ3n) is 3.56. The Kier molecular flexibility index (Phi) is 3.21. The first-order valence-corrected chi connectivity index (χ1v) is 7.29. The van der Waals surface area contributed by atoms with Gasteiger partial charge in [0.25, 0.3) is 0 Å². The topological polar surface area (TPSA) is 36.1 Å². The van der Waals surface area contributed by atoms with E-state index in [-0.39, 0.29) is 12.1 Å². The van der Waals surface area contributed by atoms with Gasteiger partial charge >= 0.3 is 0 Å². The van der Waals surface area contributed by atoms with Gasteiger partial charge in [0.1, 0.15) is 12.1 Å². The van der Waals surface area contributed by atoms with Crippen molar-refractivity contribution < 1.29 is 4.39 Å². The Morgan fingerprint density at radius 3 is 3.06 bits per heavy atom.